The van der Waals surface area contributed by atoms with Gasteiger partial charge in [-0.2, -0.15) is 5.10 Å². The number of carbonyl (C=O) groups excluding carboxylic acids is 2. The van der Waals surface area contributed by atoms with Gasteiger partial charge >= 0.3 is 0 Å². The van der Waals surface area contributed by atoms with Gasteiger partial charge in [-0.3, -0.25) is 9.59 Å². The molecule has 0 heterocycles. The monoisotopic (exact) mass is 371 g/mol. The van der Waals surface area contributed by atoms with Crippen molar-refractivity contribution < 1.29 is 24.2 Å². The van der Waals surface area contributed by atoms with Gasteiger partial charge in [0.25, 0.3) is 11.8 Å². The molecular weight excluding hydrogens is 350 g/mol. The highest BCUT2D eigenvalue weighted by atomic mass is 16.5. The summed E-state index contributed by atoms with van der Waals surface area (Å²) < 4.78 is 10.0. The number of hydrazone groups is 1. The highest BCUT2D eigenvalue weighted by Gasteiger charge is 2.16. The Labute approximate surface area is 156 Å². The number of para-hydroxylation sites is 1. The topological polar surface area (TPSA) is 109 Å². The highest BCUT2D eigenvalue weighted by molar-refractivity contribution is 5.97. The Hall–Kier alpha value is -3.55. The summed E-state index contributed by atoms with van der Waals surface area (Å²) in [5.41, 5.74) is 3.10. The van der Waals surface area contributed by atoms with Gasteiger partial charge in [-0.05, 0) is 43.3 Å². The predicted octanol–water partition coefficient (Wildman–Crippen LogP) is 1.68. The highest BCUT2D eigenvalue weighted by Crippen LogP contribution is 2.27. The number of nitrogens with zero attached hydrogens (tertiary/aromatic N) is 1. The molecule has 2 amide bonds. The van der Waals surface area contributed by atoms with Gasteiger partial charge in [0, 0.05) is 11.1 Å². The van der Waals surface area contributed by atoms with Gasteiger partial charge in [-0.15, -0.1) is 0 Å². The van der Waals surface area contributed by atoms with E-state index < -0.39 is 17.9 Å². The largest absolute Gasteiger partial charge is 0.504 e. The molecule has 2 aromatic carbocycles. The summed E-state index contributed by atoms with van der Waals surface area (Å²) in [5, 5.41) is 16.3. The molecule has 2 aromatic rings. The van der Waals surface area contributed by atoms with Crippen molar-refractivity contribution >= 4 is 18.0 Å². The molecule has 3 N–H and O–H groups in total. The number of nitrogens with one attached hydrogen (secondary N) is 2. The lowest BCUT2D eigenvalue weighted by Crippen LogP contribution is -2.43. The molecule has 1 unspecified atom stereocenters. The van der Waals surface area contributed by atoms with Gasteiger partial charge in [0.2, 0.25) is 0 Å². The SMILES string of the molecule is COc1ccc(C(=O)NC(C)C(=O)N/N=C/c2cccc(OC)c2O)cc1. The molecule has 0 radical (unpaired) electrons. The van der Waals surface area contributed by atoms with Crippen LogP contribution < -0.4 is 20.2 Å². The Bertz CT molecular complexity index is 834. The molecule has 2 rings (SSSR count). The first-order chi connectivity index (χ1) is 13.0. The maximum absolute atomic E-state index is 12.2. The van der Waals surface area contributed by atoms with E-state index in [2.05, 4.69) is 15.8 Å². The van der Waals surface area contributed by atoms with Crippen LogP contribution in [0.1, 0.15) is 22.8 Å². The zero-order chi connectivity index (χ0) is 19.8. The van der Waals surface area contributed by atoms with E-state index in [1.54, 1.807) is 42.5 Å². The van der Waals surface area contributed by atoms with Gasteiger partial charge in [0.05, 0.1) is 20.4 Å². The van der Waals surface area contributed by atoms with E-state index in [9.17, 15) is 14.7 Å². The maximum atomic E-state index is 12.2. The van der Waals surface area contributed by atoms with Crippen LogP contribution in [0.15, 0.2) is 47.6 Å². The molecule has 0 aliphatic rings. The first-order valence-electron chi connectivity index (χ1n) is 8.10. The summed E-state index contributed by atoms with van der Waals surface area (Å²) in [4.78, 5) is 24.2. The van der Waals surface area contributed by atoms with Gasteiger partial charge < -0.3 is 19.9 Å². The summed E-state index contributed by atoms with van der Waals surface area (Å²) in [6.45, 7) is 1.54. The molecule has 8 nitrogen and oxygen atoms in total. The quantitative estimate of drug-likeness (QED) is 0.507. The number of benzene rings is 2. The van der Waals surface area contributed by atoms with E-state index in [0.29, 0.717) is 22.6 Å². The van der Waals surface area contributed by atoms with Crippen LogP contribution in [0.4, 0.5) is 0 Å². The molecule has 0 spiro atoms. The Kier molecular flexibility index (Phi) is 6.76. The number of aromatic hydroxyl groups is 1. The zero-order valence-corrected chi connectivity index (χ0v) is 15.2. The van der Waals surface area contributed by atoms with E-state index in [0.717, 1.165) is 0 Å². The lowest BCUT2D eigenvalue weighted by molar-refractivity contribution is -0.122. The fourth-order valence-electron chi connectivity index (χ4n) is 2.16. The number of phenols is 1. The van der Waals surface area contributed by atoms with Crippen LogP contribution in [0, 0.1) is 0 Å². The van der Waals surface area contributed by atoms with Crippen LogP contribution in [0.2, 0.25) is 0 Å². The summed E-state index contributed by atoms with van der Waals surface area (Å²) in [5.74, 6) is -0.0538. The lowest BCUT2D eigenvalue weighted by Gasteiger charge is -2.12. The minimum atomic E-state index is -0.810. The van der Waals surface area contributed by atoms with E-state index in [-0.39, 0.29) is 5.75 Å². The van der Waals surface area contributed by atoms with Crippen molar-refractivity contribution in [3.05, 3.63) is 53.6 Å². The van der Waals surface area contributed by atoms with E-state index in [1.165, 1.54) is 27.4 Å². The number of carbonyl (C=O) groups is 2. The lowest BCUT2D eigenvalue weighted by atomic mass is 10.2. The third kappa shape index (κ3) is 5.21. The first kappa shape index (κ1) is 19.8. The van der Waals surface area contributed by atoms with Crippen LogP contribution in [0.3, 0.4) is 0 Å². The van der Waals surface area contributed by atoms with Gasteiger partial charge in [0.1, 0.15) is 11.8 Å². The summed E-state index contributed by atoms with van der Waals surface area (Å²) in [7, 11) is 2.97. The van der Waals surface area contributed by atoms with Crippen molar-refractivity contribution in [3.63, 3.8) is 0 Å². The Balaban J connectivity index is 1.92. The molecule has 142 valence electrons. The number of methoxy groups -OCH3 is 2. The fraction of sp³-hybridized carbons (Fsp3) is 0.211. The molecule has 1 atom stereocenters. The number of amides is 2. The minimum absolute atomic E-state index is 0.0844. The third-order valence-electron chi connectivity index (χ3n) is 3.72. The normalized spacial score (nSPS) is 11.7. The number of hydrogen-bond donors (Lipinski definition) is 3. The molecular formula is C19H21N3O5. The van der Waals surface area contributed by atoms with Crippen molar-refractivity contribution in [1.29, 1.82) is 0 Å². The van der Waals surface area contributed by atoms with Crippen molar-refractivity contribution in [1.82, 2.24) is 10.7 Å². The Morgan fingerprint density at radius 3 is 2.44 bits per heavy atom. The number of ether oxygens (including phenoxy) is 2. The zero-order valence-electron chi connectivity index (χ0n) is 15.2. The molecule has 0 aromatic heterocycles. The number of phenolic OH excluding ortho intramolecular Hbond substituents is 1. The molecule has 27 heavy (non-hydrogen) atoms. The van der Waals surface area contributed by atoms with Gasteiger partial charge in [-0.1, -0.05) is 6.07 Å². The second-order valence-electron chi connectivity index (χ2n) is 5.56. The van der Waals surface area contributed by atoms with Gasteiger partial charge in [-0.25, -0.2) is 5.43 Å². The van der Waals surface area contributed by atoms with E-state index in [4.69, 9.17) is 9.47 Å². The van der Waals surface area contributed by atoms with Crippen LogP contribution in [-0.2, 0) is 4.79 Å². The average Bonchev–Trinajstić information content (AvgIpc) is 2.69. The van der Waals surface area contributed by atoms with Crippen LogP contribution in [0.25, 0.3) is 0 Å². The molecule has 8 heteroatoms. The Morgan fingerprint density at radius 2 is 1.81 bits per heavy atom. The maximum Gasteiger partial charge on any atom is 0.262 e. The summed E-state index contributed by atoms with van der Waals surface area (Å²) >= 11 is 0. The van der Waals surface area contributed by atoms with E-state index in [1.807, 2.05) is 0 Å². The molecule has 0 fully saturated rings. The van der Waals surface area contributed by atoms with Crippen molar-refractivity contribution in [2.45, 2.75) is 13.0 Å². The standard InChI is InChI=1S/C19H21N3O5/c1-12(21-19(25)13-7-9-15(26-2)10-8-13)18(24)22-20-11-14-5-4-6-16(27-3)17(14)23/h4-12,23H,1-3H3,(H,21,25)(H,22,24)/b20-11+. The molecule has 0 saturated carbocycles. The smallest absolute Gasteiger partial charge is 0.262 e. The average molecular weight is 371 g/mol. The van der Waals surface area contributed by atoms with Crippen molar-refractivity contribution in [3.8, 4) is 17.2 Å². The van der Waals surface area contributed by atoms with Crippen LogP contribution >= 0.6 is 0 Å². The summed E-state index contributed by atoms with van der Waals surface area (Å²) in [6.07, 6.45) is 1.29. The van der Waals surface area contributed by atoms with Crippen molar-refractivity contribution in [2.24, 2.45) is 5.10 Å². The summed E-state index contributed by atoms with van der Waals surface area (Å²) in [6, 6.07) is 10.6. The second kappa shape index (κ2) is 9.23. The second-order valence-corrected chi connectivity index (χ2v) is 5.56. The van der Waals surface area contributed by atoms with E-state index >= 15 is 0 Å². The van der Waals surface area contributed by atoms with Crippen LogP contribution in [0.5, 0.6) is 17.2 Å². The Morgan fingerprint density at radius 1 is 1.11 bits per heavy atom. The van der Waals surface area contributed by atoms with Gasteiger partial charge in [0.15, 0.2) is 11.5 Å². The molecule has 0 bridgehead atoms. The third-order valence-corrected chi connectivity index (χ3v) is 3.72. The first-order valence-corrected chi connectivity index (χ1v) is 8.10. The number of rotatable bonds is 7. The molecule has 0 aliphatic carbocycles. The number of hydrogen-bond acceptors (Lipinski definition) is 6. The van der Waals surface area contributed by atoms with Crippen molar-refractivity contribution in [2.75, 3.05) is 14.2 Å². The van der Waals surface area contributed by atoms with Crippen LogP contribution in [-0.4, -0.2) is 43.4 Å². The fourth-order valence-corrected chi connectivity index (χ4v) is 2.16. The minimum Gasteiger partial charge on any atom is -0.504 e. The molecule has 0 aliphatic heterocycles. The molecule has 0 saturated heterocycles. The predicted molar refractivity (Wildman–Crippen MR) is 100 cm³/mol.